The van der Waals surface area contributed by atoms with E-state index in [0.717, 1.165) is 52.1 Å². The lowest BCUT2D eigenvalue weighted by molar-refractivity contribution is -0.185. The standard InChI is InChI=1S/C21H33NO2/c1-17(15-18-5-7-19(8-6-18)20(2,3)4)16-22-11-9-21(10-12-22)23-13-14-24-21/h5-8,17H,9-16H2,1-4H3. The number of piperidine rings is 1. The minimum Gasteiger partial charge on any atom is -0.347 e. The Morgan fingerprint density at radius 1 is 1.04 bits per heavy atom. The quantitative estimate of drug-likeness (QED) is 0.832. The molecule has 3 rings (SSSR count). The number of nitrogens with zero attached hydrogens (tertiary/aromatic N) is 1. The van der Waals surface area contributed by atoms with Gasteiger partial charge in [0.05, 0.1) is 13.2 Å². The summed E-state index contributed by atoms with van der Waals surface area (Å²) in [5.41, 5.74) is 3.10. The second-order valence-corrected chi connectivity index (χ2v) is 8.66. The Balaban J connectivity index is 1.46. The molecule has 0 N–H and O–H groups in total. The fourth-order valence-corrected chi connectivity index (χ4v) is 3.91. The maximum absolute atomic E-state index is 5.82. The molecule has 0 aliphatic carbocycles. The topological polar surface area (TPSA) is 21.7 Å². The molecule has 0 aromatic heterocycles. The Labute approximate surface area is 147 Å². The lowest BCUT2D eigenvalue weighted by Crippen LogP contribution is -2.46. The number of likely N-dealkylation sites (tertiary alicyclic amines) is 1. The number of hydrogen-bond donors (Lipinski definition) is 0. The van der Waals surface area contributed by atoms with Crippen molar-refractivity contribution in [3.05, 3.63) is 35.4 Å². The van der Waals surface area contributed by atoms with E-state index in [-0.39, 0.29) is 11.2 Å². The van der Waals surface area contributed by atoms with Crippen molar-refractivity contribution in [1.82, 2.24) is 4.90 Å². The van der Waals surface area contributed by atoms with Crippen LogP contribution in [0.25, 0.3) is 0 Å². The second kappa shape index (κ2) is 7.15. The average molecular weight is 332 g/mol. The Morgan fingerprint density at radius 2 is 1.62 bits per heavy atom. The third-order valence-corrected chi connectivity index (χ3v) is 5.41. The van der Waals surface area contributed by atoms with Gasteiger partial charge >= 0.3 is 0 Å². The van der Waals surface area contributed by atoms with Crippen LogP contribution in [-0.2, 0) is 21.3 Å². The summed E-state index contributed by atoms with van der Waals surface area (Å²) in [5.74, 6) is 0.424. The molecule has 2 fully saturated rings. The van der Waals surface area contributed by atoms with Crippen molar-refractivity contribution in [3.63, 3.8) is 0 Å². The molecule has 2 aliphatic heterocycles. The number of hydrogen-bond acceptors (Lipinski definition) is 3. The van der Waals surface area contributed by atoms with Crippen LogP contribution < -0.4 is 0 Å². The number of rotatable bonds is 4. The summed E-state index contributed by atoms with van der Waals surface area (Å²) in [5, 5.41) is 0. The highest BCUT2D eigenvalue weighted by molar-refractivity contribution is 5.27. The minimum atomic E-state index is -0.247. The zero-order chi connectivity index (χ0) is 17.2. The molecule has 0 radical (unpaired) electrons. The SMILES string of the molecule is CC(Cc1ccc(C(C)(C)C)cc1)CN1CCC2(CC1)OCCO2. The van der Waals surface area contributed by atoms with Crippen LogP contribution >= 0.6 is 0 Å². The van der Waals surface area contributed by atoms with Crippen molar-refractivity contribution in [1.29, 1.82) is 0 Å². The van der Waals surface area contributed by atoms with Gasteiger partial charge in [-0.3, -0.25) is 0 Å². The van der Waals surface area contributed by atoms with E-state index in [9.17, 15) is 0 Å². The van der Waals surface area contributed by atoms with Gasteiger partial charge < -0.3 is 14.4 Å². The smallest absolute Gasteiger partial charge is 0.170 e. The first-order chi connectivity index (χ1) is 11.4. The van der Waals surface area contributed by atoms with Gasteiger partial charge in [0.1, 0.15) is 0 Å². The third-order valence-electron chi connectivity index (χ3n) is 5.41. The first-order valence-electron chi connectivity index (χ1n) is 9.46. The van der Waals surface area contributed by atoms with Gasteiger partial charge in [-0.2, -0.15) is 0 Å². The zero-order valence-corrected chi connectivity index (χ0v) is 15.8. The summed E-state index contributed by atoms with van der Waals surface area (Å²) in [6.07, 6.45) is 3.18. The van der Waals surface area contributed by atoms with Crippen LogP contribution in [0.4, 0.5) is 0 Å². The summed E-state index contributed by atoms with van der Waals surface area (Å²) < 4.78 is 11.6. The van der Waals surface area contributed by atoms with E-state index in [1.54, 1.807) is 0 Å². The van der Waals surface area contributed by atoms with E-state index in [0.29, 0.717) is 5.92 Å². The molecule has 2 saturated heterocycles. The van der Waals surface area contributed by atoms with Crippen molar-refractivity contribution in [2.75, 3.05) is 32.8 Å². The fraction of sp³-hybridized carbons (Fsp3) is 0.714. The van der Waals surface area contributed by atoms with E-state index in [1.807, 2.05) is 0 Å². The molecule has 3 heteroatoms. The van der Waals surface area contributed by atoms with Gasteiger partial charge in [0.2, 0.25) is 0 Å². The molecule has 2 aliphatic rings. The molecule has 3 nitrogen and oxygen atoms in total. The first kappa shape index (κ1) is 17.9. The van der Waals surface area contributed by atoms with Crippen molar-refractivity contribution < 1.29 is 9.47 Å². The van der Waals surface area contributed by atoms with Crippen LogP contribution in [0.3, 0.4) is 0 Å². The van der Waals surface area contributed by atoms with Gasteiger partial charge in [0, 0.05) is 32.5 Å². The molecule has 1 unspecified atom stereocenters. The van der Waals surface area contributed by atoms with Crippen LogP contribution in [0.15, 0.2) is 24.3 Å². The Bertz CT molecular complexity index is 516. The summed E-state index contributed by atoms with van der Waals surface area (Å²) >= 11 is 0. The Morgan fingerprint density at radius 3 is 2.17 bits per heavy atom. The summed E-state index contributed by atoms with van der Waals surface area (Å²) in [6.45, 7) is 14.0. The van der Waals surface area contributed by atoms with Crippen LogP contribution in [0.2, 0.25) is 0 Å². The monoisotopic (exact) mass is 331 g/mol. The molecule has 0 bridgehead atoms. The lowest BCUT2D eigenvalue weighted by Gasteiger charge is -2.38. The maximum atomic E-state index is 5.82. The molecule has 134 valence electrons. The summed E-state index contributed by atoms with van der Waals surface area (Å²) in [4.78, 5) is 2.57. The molecule has 1 spiro atoms. The van der Waals surface area contributed by atoms with Crippen LogP contribution in [0.5, 0.6) is 0 Å². The minimum absolute atomic E-state index is 0.234. The Kier molecular flexibility index (Phi) is 5.33. The van der Waals surface area contributed by atoms with E-state index in [1.165, 1.54) is 11.1 Å². The third kappa shape index (κ3) is 4.38. The van der Waals surface area contributed by atoms with Gasteiger partial charge in [-0.1, -0.05) is 52.0 Å². The van der Waals surface area contributed by atoms with Gasteiger partial charge in [-0.05, 0) is 28.9 Å². The van der Waals surface area contributed by atoms with Crippen molar-refractivity contribution in [2.24, 2.45) is 5.92 Å². The maximum Gasteiger partial charge on any atom is 0.170 e. The number of ether oxygens (including phenoxy) is 2. The molecular formula is C21H33NO2. The molecule has 1 aromatic rings. The molecule has 0 saturated carbocycles. The zero-order valence-electron chi connectivity index (χ0n) is 15.8. The highest BCUT2D eigenvalue weighted by Gasteiger charge is 2.39. The van der Waals surface area contributed by atoms with E-state index < -0.39 is 0 Å². The van der Waals surface area contributed by atoms with Gasteiger partial charge in [-0.25, -0.2) is 0 Å². The van der Waals surface area contributed by atoms with Crippen molar-refractivity contribution >= 4 is 0 Å². The Hall–Kier alpha value is -0.900. The average Bonchev–Trinajstić information content (AvgIpc) is 2.98. The molecule has 0 amide bonds. The van der Waals surface area contributed by atoms with E-state index >= 15 is 0 Å². The molecule has 24 heavy (non-hydrogen) atoms. The summed E-state index contributed by atoms with van der Waals surface area (Å²) in [6, 6.07) is 9.20. The largest absolute Gasteiger partial charge is 0.347 e. The number of benzene rings is 1. The van der Waals surface area contributed by atoms with Gasteiger partial charge in [-0.15, -0.1) is 0 Å². The lowest BCUT2D eigenvalue weighted by atomic mass is 9.86. The van der Waals surface area contributed by atoms with Crippen LogP contribution in [-0.4, -0.2) is 43.5 Å². The first-order valence-corrected chi connectivity index (χ1v) is 9.46. The van der Waals surface area contributed by atoms with E-state index in [4.69, 9.17) is 9.47 Å². The predicted octanol–water partition coefficient (Wildman–Crippen LogP) is 4.00. The fourth-order valence-electron chi connectivity index (χ4n) is 3.91. The molecule has 2 heterocycles. The summed E-state index contributed by atoms with van der Waals surface area (Å²) in [7, 11) is 0. The second-order valence-electron chi connectivity index (χ2n) is 8.66. The molecule has 1 atom stereocenters. The van der Waals surface area contributed by atoms with E-state index in [2.05, 4.69) is 56.9 Å². The van der Waals surface area contributed by atoms with Crippen LogP contribution in [0.1, 0.15) is 51.7 Å². The van der Waals surface area contributed by atoms with Crippen molar-refractivity contribution in [3.8, 4) is 0 Å². The predicted molar refractivity (Wildman–Crippen MR) is 98.3 cm³/mol. The highest BCUT2D eigenvalue weighted by Crippen LogP contribution is 2.31. The normalized spacial score (nSPS) is 22.8. The molecular weight excluding hydrogens is 298 g/mol. The van der Waals surface area contributed by atoms with Gasteiger partial charge in [0.25, 0.3) is 0 Å². The van der Waals surface area contributed by atoms with Crippen LogP contribution in [0, 0.1) is 5.92 Å². The van der Waals surface area contributed by atoms with Gasteiger partial charge in [0.15, 0.2) is 5.79 Å². The van der Waals surface area contributed by atoms with Crippen molar-refractivity contribution in [2.45, 2.75) is 58.2 Å². The highest BCUT2D eigenvalue weighted by atomic mass is 16.7. The molecule has 1 aromatic carbocycles.